The molecule has 0 aliphatic heterocycles. The highest BCUT2D eigenvalue weighted by molar-refractivity contribution is 6.34. The fraction of sp³-hybridized carbons (Fsp3) is 0.125. The molecule has 0 heterocycles. The van der Waals surface area contributed by atoms with Gasteiger partial charge in [0.1, 0.15) is 0 Å². The van der Waals surface area contributed by atoms with Gasteiger partial charge in [-0.1, -0.05) is 35.4 Å². The summed E-state index contributed by atoms with van der Waals surface area (Å²) in [6.07, 6.45) is 0. The van der Waals surface area contributed by atoms with E-state index in [0.717, 1.165) is 11.1 Å². The molecule has 4 nitrogen and oxygen atoms in total. The third-order valence-electron chi connectivity index (χ3n) is 3.11. The number of amides is 1. The summed E-state index contributed by atoms with van der Waals surface area (Å²) in [6, 6.07) is 9.87. The van der Waals surface area contributed by atoms with E-state index in [9.17, 15) is 9.59 Å². The summed E-state index contributed by atoms with van der Waals surface area (Å²) in [4.78, 5) is 23.5. The first kappa shape index (κ1) is 15.1. The zero-order valence-corrected chi connectivity index (χ0v) is 12.4. The maximum atomic E-state index is 12.3. The zero-order chi connectivity index (χ0) is 15.6. The van der Waals surface area contributed by atoms with Gasteiger partial charge < -0.3 is 10.4 Å². The smallest absolute Gasteiger partial charge is 0.337 e. The van der Waals surface area contributed by atoms with Crippen LogP contribution in [0.5, 0.6) is 0 Å². The van der Waals surface area contributed by atoms with Crippen LogP contribution in [0, 0.1) is 13.8 Å². The van der Waals surface area contributed by atoms with E-state index in [0.29, 0.717) is 5.56 Å². The van der Waals surface area contributed by atoms with Gasteiger partial charge >= 0.3 is 5.97 Å². The minimum atomic E-state index is -1.14. The van der Waals surface area contributed by atoms with Crippen molar-refractivity contribution in [1.82, 2.24) is 0 Å². The first-order valence-electron chi connectivity index (χ1n) is 6.30. The minimum Gasteiger partial charge on any atom is -0.478 e. The van der Waals surface area contributed by atoms with Crippen molar-refractivity contribution in [2.24, 2.45) is 0 Å². The molecule has 0 radical (unpaired) electrons. The Hall–Kier alpha value is -2.33. The quantitative estimate of drug-likeness (QED) is 0.903. The van der Waals surface area contributed by atoms with Crippen molar-refractivity contribution in [2.45, 2.75) is 13.8 Å². The molecule has 108 valence electrons. The number of carboxylic acids is 1. The average Bonchev–Trinajstić information content (AvgIpc) is 2.40. The van der Waals surface area contributed by atoms with Gasteiger partial charge in [0.15, 0.2) is 0 Å². The number of hydrogen-bond donors (Lipinski definition) is 2. The Bertz CT molecular complexity index is 725. The van der Waals surface area contributed by atoms with E-state index in [1.54, 1.807) is 6.07 Å². The van der Waals surface area contributed by atoms with Gasteiger partial charge in [-0.2, -0.15) is 0 Å². The van der Waals surface area contributed by atoms with Crippen molar-refractivity contribution < 1.29 is 14.7 Å². The van der Waals surface area contributed by atoms with Crippen LogP contribution in [0.4, 0.5) is 5.69 Å². The number of carbonyl (C=O) groups excluding carboxylic acids is 1. The summed E-state index contributed by atoms with van der Waals surface area (Å²) in [5, 5.41) is 11.9. The van der Waals surface area contributed by atoms with Crippen LogP contribution >= 0.6 is 11.6 Å². The Balaban J connectivity index is 2.38. The largest absolute Gasteiger partial charge is 0.478 e. The fourth-order valence-corrected chi connectivity index (χ4v) is 2.30. The molecule has 5 heteroatoms. The highest BCUT2D eigenvalue weighted by Gasteiger charge is 2.17. The van der Waals surface area contributed by atoms with Crippen LogP contribution < -0.4 is 5.32 Å². The molecule has 2 N–H and O–H groups in total. The van der Waals surface area contributed by atoms with E-state index >= 15 is 0 Å². The molecule has 0 aliphatic carbocycles. The lowest BCUT2D eigenvalue weighted by atomic mass is 10.0. The van der Waals surface area contributed by atoms with Crippen LogP contribution in [-0.4, -0.2) is 17.0 Å². The van der Waals surface area contributed by atoms with Gasteiger partial charge in [-0.15, -0.1) is 0 Å². The maximum absolute atomic E-state index is 12.3. The minimum absolute atomic E-state index is 0.0411. The number of anilines is 1. The lowest BCUT2D eigenvalue weighted by molar-refractivity contribution is 0.0698. The van der Waals surface area contributed by atoms with Gasteiger partial charge in [0, 0.05) is 5.56 Å². The Morgan fingerprint density at radius 1 is 1.10 bits per heavy atom. The molecule has 0 saturated carbocycles. The Morgan fingerprint density at radius 3 is 2.43 bits per heavy atom. The van der Waals surface area contributed by atoms with Crippen LogP contribution in [0.15, 0.2) is 36.4 Å². The topological polar surface area (TPSA) is 66.4 Å². The van der Waals surface area contributed by atoms with Crippen LogP contribution in [0.25, 0.3) is 0 Å². The van der Waals surface area contributed by atoms with Crippen molar-refractivity contribution >= 4 is 29.2 Å². The van der Waals surface area contributed by atoms with Crippen molar-refractivity contribution in [1.29, 1.82) is 0 Å². The second-order valence-electron chi connectivity index (χ2n) is 4.74. The second kappa shape index (κ2) is 5.97. The molecule has 2 aromatic carbocycles. The molecule has 2 aromatic rings. The molecule has 21 heavy (non-hydrogen) atoms. The molecule has 1 amide bonds. The van der Waals surface area contributed by atoms with Crippen LogP contribution in [0.3, 0.4) is 0 Å². The first-order chi connectivity index (χ1) is 9.90. The van der Waals surface area contributed by atoms with E-state index in [2.05, 4.69) is 5.32 Å². The van der Waals surface area contributed by atoms with Crippen LogP contribution in [0.1, 0.15) is 31.8 Å². The third kappa shape index (κ3) is 3.23. The number of halogens is 1. The molecule has 0 unspecified atom stereocenters. The number of aryl methyl sites for hydroxylation is 2. The van der Waals surface area contributed by atoms with Gasteiger partial charge in [-0.25, -0.2) is 4.79 Å². The Labute approximate surface area is 127 Å². The second-order valence-corrected chi connectivity index (χ2v) is 5.15. The standard InChI is InChI=1S/C16H14ClNO3/c1-9-6-7-11(10(2)8-9)15(19)18-14-12(16(20)21)4-3-5-13(14)17/h3-8H,1-2H3,(H,18,19)(H,20,21). The molecular weight excluding hydrogens is 290 g/mol. The van der Waals surface area contributed by atoms with Gasteiger partial charge in [0.25, 0.3) is 5.91 Å². The van der Waals surface area contributed by atoms with Gasteiger partial charge in [-0.05, 0) is 37.6 Å². The van der Waals surface area contributed by atoms with Crippen LogP contribution in [-0.2, 0) is 0 Å². The summed E-state index contributed by atoms with van der Waals surface area (Å²) in [5.41, 5.74) is 2.42. The van der Waals surface area contributed by atoms with Crippen molar-refractivity contribution in [2.75, 3.05) is 5.32 Å². The van der Waals surface area contributed by atoms with Gasteiger partial charge in [-0.3, -0.25) is 4.79 Å². The number of para-hydroxylation sites is 1. The number of carbonyl (C=O) groups is 2. The monoisotopic (exact) mass is 303 g/mol. The van der Waals surface area contributed by atoms with E-state index in [1.807, 2.05) is 26.0 Å². The van der Waals surface area contributed by atoms with E-state index in [-0.39, 0.29) is 22.2 Å². The number of hydrogen-bond acceptors (Lipinski definition) is 2. The number of rotatable bonds is 3. The number of benzene rings is 2. The Morgan fingerprint density at radius 2 is 1.81 bits per heavy atom. The van der Waals surface area contributed by atoms with Crippen molar-refractivity contribution in [3.8, 4) is 0 Å². The van der Waals surface area contributed by atoms with Crippen molar-refractivity contribution in [3.63, 3.8) is 0 Å². The number of aromatic carboxylic acids is 1. The molecule has 0 atom stereocenters. The fourth-order valence-electron chi connectivity index (χ4n) is 2.08. The maximum Gasteiger partial charge on any atom is 0.337 e. The highest BCUT2D eigenvalue weighted by Crippen LogP contribution is 2.27. The van der Waals surface area contributed by atoms with Crippen LogP contribution in [0.2, 0.25) is 5.02 Å². The normalized spacial score (nSPS) is 10.2. The molecule has 2 rings (SSSR count). The molecule has 0 bridgehead atoms. The summed E-state index contributed by atoms with van der Waals surface area (Å²) in [6.45, 7) is 3.76. The molecule has 0 spiro atoms. The summed E-state index contributed by atoms with van der Waals surface area (Å²) in [5.74, 6) is -1.53. The summed E-state index contributed by atoms with van der Waals surface area (Å²) in [7, 11) is 0. The molecule has 0 aliphatic rings. The lowest BCUT2D eigenvalue weighted by Crippen LogP contribution is -2.16. The van der Waals surface area contributed by atoms with E-state index in [1.165, 1.54) is 18.2 Å². The highest BCUT2D eigenvalue weighted by atomic mass is 35.5. The lowest BCUT2D eigenvalue weighted by Gasteiger charge is -2.12. The zero-order valence-electron chi connectivity index (χ0n) is 11.6. The third-order valence-corrected chi connectivity index (χ3v) is 3.42. The summed E-state index contributed by atoms with van der Waals surface area (Å²) < 4.78 is 0. The van der Waals surface area contributed by atoms with E-state index in [4.69, 9.17) is 16.7 Å². The van der Waals surface area contributed by atoms with Gasteiger partial charge in [0.2, 0.25) is 0 Å². The number of nitrogens with one attached hydrogen (secondary N) is 1. The summed E-state index contributed by atoms with van der Waals surface area (Å²) >= 11 is 5.99. The predicted octanol–water partition coefficient (Wildman–Crippen LogP) is 3.91. The predicted molar refractivity (Wildman–Crippen MR) is 82.3 cm³/mol. The molecule has 0 saturated heterocycles. The first-order valence-corrected chi connectivity index (χ1v) is 6.68. The molecule has 0 aromatic heterocycles. The Kier molecular flexibility index (Phi) is 4.29. The van der Waals surface area contributed by atoms with Gasteiger partial charge in [0.05, 0.1) is 16.3 Å². The SMILES string of the molecule is Cc1ccc(C(=O)Nc2c(Cl)cccc2C(=O)O)c(C)c1. The average molecular weight is 304 g/mol. The van der Waals surface area contributed by atoms with E-state index < -0.39 is 5.97 Å². The molecule has 0 fully saturated rings. The van der Waals surface area contributed by atoms with Crippen molar-refractivity contribution in [3.05, 3.63) is 63.7 Å². The molecular formula is C16H14ClNO3. The number of carboxylic acid groups (broad SMARTS) is 1.